The topological polar surface area (TPSA) is 75.5 Å². The Morgan fingerprint density at radius 1 is 0.865 bits per heavy atom. The Balaban J connectivity index is 1.57. The minimum atomic E-state index is -1.58. The number of rotatable bonds is 12. The van der Waals surface area contributed by atoms with Gasteiger partial charge in [-0.2, -0.15) is 0 Å². The third-order valence-electron chi connectivity index (χ3n) is 7.71. The zero-order valence-electron chi connectivity index (χ0n) is 22.0. The Bertz CT molecular complexity index is 944. The van der Waals surface area contributed by atoms with Gasteiger partial charge in [-0.15, -0.1) is 0 Å². The fourth-order valence-electron chi connectivity index (χ4n) is 5.99. The van der Waals surface area contributed by atoms with Gasteiger partial charge in [0.15, 0.2) is 6.79 Å². The van der Waals surface area contributed by atoms with Crippen LogP contribution in [0.25, 0.3) is 0 Å². The van der Waals surface area contributed by atoms with E-state index in [2.05, 4.69) is 6.92 Å². The average molecular weight is 511 g/mol. The van der Waals surface area contributed by atoms with Crippen LogP contribution in [0, 0.1) is 0 Å². The lowest BCUT2D eigenvalue weighted by Crippen LogP contribution is -3.18. The number of quaternary nitrogens is 1. The highest BCUT2D eigenvalue weighted by Crippen LogP contribution is 2.37. The van der Waals surface area contributed by atoms with Crippen LogP contribution in [0.5, 0.6) is 0 Å². The predicted molar refractivity (Wildman–Crippen MR) is 139 cm³/mol. The van der Waals surface area contributed by atoms with Crippen LogP contribution in [-0.2, 0) is 29.3 Å². The van der Waals surface area contributed by atoms with Gasteiger partial charge in [-0.1, -0.05) is 74.0 Å². The molecule has 7 nitrogen and oxygen atoms in total. The Kier molecular flexibility index (Phi) is 9.58. The van der Waals surface area contributed by atoms with Gasteiger partial charge in [0.05, 0.1) is 25.2 Å². The maximum atomic E-state index is 14.1. The van der Waals surface area contributed by atoms with E-state index in [4.69, 9.17) is 18.9 Å². The zero-order chi connectivity index (χ0) is 26.1. The molecule has 2 aliphatic heterocycles. The van der Waals surface area contributed by atoms with Gasteiger partial charge in [0.2, 0.25) is 5.60 Å². The molecule has 2 aliphatic rings. The summed E-state index contributed by atoms with van der Waals surface area (Å²) in [5, 5.41) is 0. The Labute approximate surface area is 220 Å². The lowest BCUT2D eigenvalue weighted by atomic mass is 9.85. The number of nitrogens with one attached hydrogen (secondary N) is 1. The number of benzene rings is 2. The second kappa shape index (κ2) is 13.1. The first-order valence-corrected chi connectivity index (χ1v) is 13.7. The second-order valence-electron chi connectivity index (χ2n) is 10.0. The highest BCUT2D eigenvalue weighted by atomic mass is 16.8. The summed E-state index contributed by atoms with van der Waals surface area (Å²) >= 11 is 0. The highest BCUT2D eigenvalue weighted by Gasteiger charge is 2.50. The summed E-state index contributed by atoms with van der Waals surface area (Å²) in [5.74, 6) is -0.490. The molecule has 0 aliphatic carbocycles. The molecule has 2 heterocycles. The van der Waals surface area contributed by atoms with Gasteiger partial charge in [0.25, 0.3) is 0 Å². The van der Waals surface area contributed by atoms with Crippen LogP contribution in [0.15, 0.2) is 60.7 Å². The summed E-state index contributed by atoms with van der Waals surface area (Å²) in [6.07, 6.45) is 6.84. The van der Waals surface area contributed by atoms with Crippen molar-refractivity contribution in [3.05, 3.63) is 71.8 Å². The van der Waals surface area contributed by atoms with Gasteiger partial charge in [-0.05, 0) is 30.9 Å². The predicted octanol–water partition coefficient (Wildman–Crippen LogP) is 4.39. The van der Waals surface area contributed by atoms with Gasteiger partial charge in [0.1, 0.15) is 6.10 Å². The number of hydrogen-bond acceptors (Lipinski definition) is 6. The molecule has 2 atom stereocenters. The Morgan fingerprint density at radius 3 is 2.00 bits per heavy atom. The molecular formula is C30H40NO6+. The lowest BCUT2D eigenvalue weighted by Gasteiger charge is -2.38. The first kappa shape index (κ1) is 27.1. The van der Waals surface area contributed by atoms with E-state index in [1.165, 1.54) is 38.6 Å². The molecule has 1 N–H and O–H groups in total. The van der Waals surface area contributed by atoms with Crippen molar-refractivity contribution in [2.75, 3.05) is 19.9 Å². The Morgan fingerprint density at radius 2 is 1.46 bits per heavy atom. The number of hydrogen-bond donors (Lipinski definition) is 1. The molecule has 2 fully saturated rings. The van der Waals surface area contributed by atoms with Crippen LogP contribution in [0.1, 0.15) is 69.9 Å². The second-order valence-corrected chi connectivity index (χ2v) is 10.0. The maximum Gasteiger partial charge on any atom is 0.510 e. The summed E-state index contributed by atoms with van der Waals surface area (Å²) in [5.41, 5.74) is -0.354. The van der Waals surface area contributed by atoms with E-state index in [1.54, 1.807) is 11.8 Å². The zero-order valence-corrected chi connectivity index (χ0v) is 22.0. The summed E-state index contributed by atoms with van der Waals surface area (Å²) in [6, 6.07) is 19.6. The molecule has 0 aromatic heterocycles. The van der Waals surface area contributed by atoms with Gasteiger partial charge < -0.3 is 23.8 Å². The minimum Gasteiger partial charge on any atom is -0.459 e. The number of piperidine rings is 1. The van der Waals surface area contributed by atoms with Crippen LogP contribution >= 0.6 is 0 Å². The summed E-state index contributed by atoms with van der Waals surface area (Å²) in [4.78, 5) is 27.7. The van der Waals surface area contributed by atoms with Crippen LogP contribution in [-0.4, -0.2) is 50.3 Å². The molecule has 4 rings (SSSR count). The van der Waals surface area contributed by atoms with Crippen molar-refractivity contribution in [1.29, 1.82) is 0 Å². The van der Waals surface area contributed by atoms with Crippen LogP contribution in [0.4, 0.5) is 4.79 Å². The third-order valence-corrected chi connectivity index (χ3v) is 7.71. The molecule has 2 saturated heterocycles. The normalized spacial score (nSPS) is 22.9. The fraction of sp³-hybridized carbons (Fsp3) is 0.533. The van der Waals surface area contributed by atoms with Crippen molar-refractivity contribution < 1.29 is 33.4 Å². The molecule has 0 radical (unpaired) electrons. The minimum absolute atomic E-state index is 0.165. The van der Waals surface area contributed by atoms with E-state index < -0.39 is 24.5 Å². The van der Waals surface area contributed by atoms with Crippen molar-refractivity contribution in [3.63, 3.8) is 0 Å². The molecule has 0 amide bonds. The number of ether oxygens (including phenoxy) is 4. The average Bonchev–Trinajstić information content (AvgIpc) is 3.15. The van der Waals surface area contributed by atoms with E-state index in [1.807, 2.05) is 60.7 Å². The summed E-state index contributed by atoms with van der Waals surface area (Å²) in [7, 11) is 0. The van der Waals surface area contributed by atoms with E-state index in [0.29, 0.717) is 23.2 Å². The van der Waals surface area contributed by atoms with Gasteiger partial charge in [-0.25, -0.2) is 9.59 Å². The standard InChI is InChI=1S/C30H39NO6/c1-3-5-12-19-31-25-17-18-26(31)21-27(20-25)37-28(32)30(23-13-8-6-9-14-23,24-15-10-7-11-16-24)36-22-35-29(33)34-4-2/h6-11,13-16,25-27H,3-5,12,17-22H2,1-2H3/p+1. The van der Waals surface area contributed by atoms with Crippen molar-refractivity contribution in [3.8, 4) is 0 Å². The number of unbranched alkanes of at least 4 members (excludes halogenated alkanes) is 2. The molecule has 2 aromatic carbocycles. The van der Waals surface area contributed by atoms with Crippen molar-refractivity contribution >= 4 is 12.1 Å². The first-order chi connectivity index (χ1) is 18.1. The van der Waals surface area contributed by atoms with Gasteiger partial charge in [0, 0.05) is 25.7 Å². The molecule has 2 unspecified atom stereocenters. The van der Waals surface area contributed by atoms with E-state index >= 15 is 0 Å². The SMILES string of the molecule is CCCCC[NH+]1C2CCC1CC(OC(=O)C(OCOC(=O)OCC)(c1ccccc1)c1ccccc1)C2. The largest absolute Gasteiger partial charge is 0.510 e. The van der Waals surface area contributed by atoms with Crippen LogP contribution in [0.3, 0.4) is 0 Å². The molecule has 37 heavy (non-hydrogen) atoms. The van der Waals surface area contributed by atoms with E-state index in [9.17, 15) is 9.59 Å². The maximum absolute atomic E-state index is 14.1. The smallest absolute Gasteiger partial charge is 0.459 e. The fourth-order valence-corrected chi connectivity index (χ4v) is 5.99. The lowest BCUT2D eigenvalue weighted by molar-refractivity contribution is -0.942. The van der Waals surface area contributed by atoms with E-state index in [0.717, 1.165) is 12.8 Å². The monoisotopic (exact) mass is 510 g/mol. The highest BCUT2D eigenvalue weighted by molar-refractivity contribution is 5.86. The number of carbonyl (C=O) groups is 2. The van der Waals surface area contributed by atoms with Crippen molar-refractivity contribution in [2.45, 2.75) is 82.6 Å². The van der Waals surface area contributed by atoms with Crippen LogP contribution < -0.4 is 4.90 Å². The quantitative estimate of drug-likeness (QED) is 0.259. The molecule has 0 saturated carbocycles. The number of carbonyl (C=O) groups excluding carboxylic acids is 2. The van der Waals surface area contributed by atoms with Crippen molar-refractivity contribution in [1.82, 2.24) is 0 Å². The molecule has 7 heteroatoms. The van der Waals surface area contributed by atoms with Gasteiger partial charge in [-0.3, -0.25) is 0 Å². The molecular weight excluding hydrogens is 470 g/mol. The molecule has 0 spiro atoms. The molecule has 2 aromatic rings. The van der Waals surface area contributed by atoms with Gasteiger partial charge >= 0.3 is 12.1 Å². The van der Waals surface area contributed by atoms with Crippen LogP contribution in [0.2, 0.25) is 0 Å². The van der Waals surface area contributed by atoms with E-state index in [-0.39, 0.29) is 12.7 Å². The molecule has 2 bridgehead atoms. The Hall–Kier alpha value is -2.90. The molecule has 200 valence electrons. The summed E-state index contributed by atoms with van der Waals surface area (Å²) in [6.45, 7) is 4.87. The number of fused-ring (bicyclic) bond motifs is 2. The third kappa shape index (κ3) is 6.33. The summed E-state index contributed by atoms with van der Waals surface area (Å²) < 4.78 is 22.4. The first-order valence-electron chi connectivity index (χ1n) is 13.7. The van der Waals surface area contributed by atoms with Crippen molar-refractivity contribution in [2.24, 2.45) is 0 Å². The number of esters is 1.